The number of nitrogens with zero attached hydrogens (tertiary/aromatic N) is 1. The molecule has 1 fully saturated rings. The summed E-state index contributed by atoms with van der Waals surface area (Å²) in [5.74, 6) is 0. The van der Waals surface area contributed by atoms with E-state index in [0.717, 1.165) is 13.1 Å². The van der Waals surface area contributed by atoms with Crippen molar-refractivity contribution >= 4 is 5.69 Å². The van der Waals surface area contributed by atoms with Gasteiger partial charge in [-0.2, -0.15) is 0 Å². The Morgan fingerprint density at radius 2 is 2.00 bits per heavy atom. The van der Waals surface area contributed by atoms with Gasteiger partial charge in [0.2, 0.25) is 0 Å². The summed E-state index contributed by atoms with van der Waals surface area (Å²) in [6, 6.07) is 7.53. The summed E-state index contributed by atoms with van der Waals surface area (Å²) in [4.78, 5) is 2.45. The van der Waals surface area contributed by atoms with E-state index in [9.17, 15) is 0 Å². The highest BCUT2D eigenvalue weighted by Crippen LogP contribution is 2.30. The Hall–Kier alpha value is -1.02. The molecule has 0 aliphatic carbocycles. The zero-order valence-corrected chi connectivity index (χ0v) is 12.4. The van der Waals surface area contributed by atoms with Crippen LogP contribution in [0.5, 0.6) is 0 Å². The summed E-state index contributed by atoms with van der Waals surface area (Å²) in [6.07, 6.45) is 1.25. The van der Waals surface area contributed by atoms with E-state index in [1.165, 1.54) is 23.2 Å². The average Bonchev–Trinajstić information content (AvgIpc) is 2.80. The van der Waals surface area contributed by atoms with Crippen molar-refractivity contribution in [3.63, 3.8) is 0 Å². The molecule has 1 aliphatic rings. The van der Waals surface area contributed by atoms with Crippen molar-refractivity contribution in [1.82, 2.24) is 5.32 Å². The first-order chi connectivity index (χ1) is 8.39. The predicted octanol–water partition coefficient (Wildman–Crippen LogP) is 3.09. The van der Waals surface area contributed by atoms with Gasteiger partial charge in [0.05, 0.1) is 0 Å². The second-order valence-electron chi connectivity index (χ2n) is 6.51. The molecule has 2 heteroatoms. The summed E-state index contributed by atoms with van der Waals surface area (Å²) in [5, 5.41) is 3.45. The van der Waals surface area contributed by atoms with Gasteiger partial charge >= 0.3 is 0 Å². The molecule has 0 aromatic heterocycles. The Morgan fingerprint density at radius 3 is 2.56 bits per heavy atom. The van der Waals surface area contributed by atoms with Crippen molar-refractivity contribution in [2.75, 3.05) is 25.0 Å². The Kier molecular flexibility index (Phi) is 3.67. The van der Waals surface area contributed by atoms with E-state index in [1.807, 2.05) is 0 Å². The summed E-state index contributed by atoms with van der Waals surface area (Å²) in [7, 11) is 2.23. The topological polar surface area (TPSA) is 15.3 Å². The quantitative estimate of drug-likeness (QED) is 0.862. The largest absolute Gasteiger partial charge is 0.370 e. The zero-order valence-electron chi connectivity index (χ0n) is 12.4. The molecule has 1 aromatic rings. The van der Waals surface area contributed by atoms with E-state index < -0.39 is 0 Å². The molecule has 1 aliphatic heterocycles. The van der Waals surface area contributed by atoms with Crippen LogP contribution in [0.3, 0.4) is 0 Å². The highest BCUT2D eigenvalue weighted by Gasteiger charge is 2.22. The SMILES string of the molecule is Cc1ccc(C(C)(C)C)cc1N(C)C1CCNC1. The monoisotopic (exact) mass is 246 g/mol. The molecule has 18 heavy (non-hydrogen) atoms. The molecule has 1 atom stereocenters. The van der Waals surface area contributed by atoms with E-state index in [-0.39, 0.29) is 5.41 Å². The van der Waals surface area contributed by atoms with Crippen molar-refractivity contribution in [3.05, 3.63) is 29.3 Å². The average molecular weight is 246 g/mol. The van der Waals surface area contributed by atoms with E-state index in [1.54, 1.807) is 0 Å². The molecule has 0 saturated carbocycles. The number of hydrogen-bond acceptors (Lipinski definition) is 2. The minimum atomic E-state index is 0.219. The smallest absolute Gasteiger partial charge is 0.0423 e. The molecule has 100 valence electrons. The van der Waals surface area contributed by atoms with Gasteiger partial charge in [0, 0.05) is 25.3 Å². The van der Waals surface area contributed by atoms with Crippen LogP contribution in [0.1, 0.15) is 38.3 Å². The van der Waals surface area contributed by atoms with Gasteiger partial charge in [-0.1, -0.05) is 32.9 Å². The van der Waals surface area contributed by atoms with Gasteiger partial charge in [-0.3, -0.25) is 0 Å². The third kappa shape index (κ3) is 2.69. The van der Waals surface area contributed by atoms with Crippen LogP contribution in [0.2, 0.25) is 0 Å². The van der Waals surface area contributed by atoms with Gasteiger partial charge in [-0.05, 0) is 42.5 Å². The van der Waals surface area contributed by atoms with E-state index >= 15 is 0 Å². The predicted molar refractivity (Wildman–Crippen MR) is 79.6 cm³/mol. The second-order valence-corrected chi connectivity index (χ2v) is 6.51. The Bertz CT molecular complexity index is 412. The normalized spacial score (nSPS) is 20.2. The summed E-state index contributed by atoms with van der Waals surface area (Å²) >= 11 is 0. The molecule has 0 bridgehead atoms. The number of benzene rings is 1. The fourth-order valence-electron chi connectivity index (χ4n) is 2.62. The first kappa shape index (κ1) is 13.4. The minimum Gasteiger partial charge on any atom is -0.370 e. The van der Waals surface area contributed by atoms with Gasteiger partial charge in [0.25, 0.3) is 0 Å². The molecule has 1 saturated heterocycles. The second kappa shape index (κ2) is 4.93. The van der Waals surface area contributed by atoms with Crippen LogP contribution < -0.4 is 10.2 Å². The molecule has 2 nitrogen and oxygen atoms in total. The summed E-state index contributed by atoms with van der Waals surface area (Å²) < 4.78 is 0. The van der Waals surface area contributed by atoms with Crippen LogP contribution in [0.4, 0.5) is 5.69 Å². The number of nitrogens with one attached hydrogen (secondary N) is 1. The maximum Gasteiger partial charge on any atom is 0.0423 e. The van der Waals surface area contributed by atoms with E-state index in [4.69, 9.17) is 0 Å². The number of anilines is 1. The first-order valence-corrected chi connectivity index (χ1v) is 6.94. The van der Waals surface area contributed by atoms with Gasteiger partial charge in [0.15, 0.2) is 0 Å². The first-order valence-electron chi connectivity index (χ1n) is 6.94. The summed E-state index contributed by atoms with van der Waals surface area (Å²) in [5.41, 5.74) is 4.39. The highest BCUT2D eigenvalue weighted by atomic mass is 15.2. The van der Waals surface area contributed by atoms with Crippen LogP contribution in [0.15, 0.2) is 18.2 Å². The van der Waals surface area contributed by atoms with Crippen LogP contribution >= 0.6 is 0 Å². The minimum absolute atomic E-state index is 0.219. The van der Waals surface area contributed by atoms with Crippen LogP contribution in [-0.2, 0) is 5.41 Å². The van der Waals surface area contributed by atoms with Gasteiger partial charge in [-0.25, -0.2) is 0 Å². The zero-order chi connectivity index (χ0) is 13.3. The van der Waals surface area contributed by atoms with Crippen molar-refractivity contribution in [1.29, 1.82) is 0 Å². The molecule has 0 radical (unpaired) electrons. The molecule has 0 spiro atoms. The number of aryl methyl sites for hydroxylation is 1. The Morgan fingerprint density at radius 1 is 1.28 bits per heavy atom. The van der Waals surface area contributed by atoms with Crippen LogP contribution in [-0.4, -0.2) is 26.2 Å². The maximum absolute atomic E-state index is 3.45. The van der Waals surface area contributed by atoms with E-state index in [2.05, 4.69) is 63.2 Å². The molecule has 1 heterocycles. The Balaban J connectivity index is 2.31. The molecular formula is C16H26N2. The van der Waals surface area contributed by atoms with Crippen LogP contribution in [0.25, 0.3) is 0 Å². The number of rotatable bonds is 2. The lowest BCUT2D eigenvalue weighted by atomic mass is 9.86. The number of likely N-dealkylation sites (N-methyl/N-ethyl adjacent to an activating group) is 1. The lowest BCUT2D eigenvalue weighted by Crippen LogP contribution is -2.34. The molecule has 2 rings (SSSR count). The van der Waals surface area contributed by atoms with Crippen molar-refractivity contribution < 1.29 is 0 Å². The van der Waals surface area contributed by atoms with Gasteiger partial charge < -0.3 is 10.2 Å². The lowest BCUT2D eigenvalue weighted by molar-refractivity contribution is 0.589. The third-order valence-electron chi connectivity index (χ3n) is 4.04. The van der Waals surface area contributed by atoms with Crippen molar-refractivity contribution in [2.24, 2.45) is 0 Å². The summed E-state index contributed by atoms with van der Waals surface area (Å²) in [6.45, 7) is 11.3. The molecule has 1 N–H and O–H groups in total. The Labute approximate surface area is 111 Å². The molecule has 0 amide bonds. The fraction of sp³-hybridized carbons (Fsp3) is 0.625. The van der Waals surface area contributed by atoms with Crippen molar-refractivity contribution in [3.8, 4) is 0 Å². The van der Waals surface area contributed by atoms with Crippen LogP contribution in [0, 0.1) is 6.92 Å². The molecular weight excluding hydrogens is 220 g/mol. The fourth-order valence-corrected chi connectivity index (χ4v) is 2.62. The van der Waals surface area contributed by atoms with E-state index in [0.29, 0.717) is 6.04 Å². The maximum atomic E-state index is 3.45. The van der Waals surface area contributed by atoms with Crippen molar-refractivity contribution in [2.45, 2.75) is 45.6 Å². The van der Waals surface area contributed by atoms with Gasteiger partial charge in [-0.15, -0.1) is 0 Å². The molecule has 1 aromatic carbocycles. The number of hydrogen-bond donors (Lipinski definition) is 1. The lowest BCUT2D eigenvalue weighted by Gasteiger charge is -2.30. The van der Waals surface area contributed by atoms with Gasteiger partial charge in [0.1, 0.15) is 0 Å². The molecule has 1 unspecified atom stereocenters. The standard InChI is InChI=1S/C16H26N2/c1-12-6-7-13(16(2,3)4)10-15(12)18(5)14-8-9-17-11-14/h6-7,10,14,17H,8-9,11H2,1-5H3. The highest BCUT2D eigenvalue weighted by molar-refractivity contribution is 5.56. The third-order valence-corrected chi connectivity index (χ3v) is 4.04.